The van der Waals surface area contributed by atoms with Gasteiger partial charge in [0.15, 0.2) is 5.69 Å². The molecule has 0 saturated carbocycles. The summed E-state index contributed by atoms with van der Waals surface area (Å²) in [6, 6.07) is 13.6. The third-order valence-corrected chi connectivity index (χ3v) is 3.21. The Bertz CT molecular complexity index is 785. The molecule has 0 aliphatic carbocycles. The van der Waals surface area contributed by atoms with E-state index in [1.165, 1.54) is 5.56 Å². The summed E-state index contributed by atoms with van der Waals surface area (Å²) in [6.07, 6.45) is 0. The summed E-state index contributed by atoms with van der Waals surface area (Å²) in [5, 5.41) is 19.2. The summed E-state index contributed by atoms with van der Waals surface area (Å²) < 4.78 is 0. The van der Waals surface area contributed by atoms with Gasteiger partial charge in [-0.25, -0.2) is 0 Å². The summed E-state index contributed by atoms with van der Waals surface area (Å²) in [4.78, 5) is 2.90. The lowest BCUT2D eigenvalue weighted by molar-refractivity contribution is 0.459. The number of aromatic amines is 1. The zero-order chi connectivity index (χ0) is 14.1. The molecule has 2 aromatic carbocycles. The molecule has 0 radical (unpaired) electrons. The van der Waals surface area contributed by atoms with Crippen LogP contribution in [0.3, 0.4) is 0 Å². The monoisotopic (exact) mass is 265 g/mol. The molecule has 0 aliphatic heterocycles. The van der Waals surface area contributed by atoms with Crippen molar-refractivity contribution in [3.05, 3.63) is 53.6 Å². The van der Waals surface area contributed by atoms with Gasteiger partial charge in [0.1, 0.15) is 0 Å². The number of fused-ring (bicyclic) bond motifs is 1. The number of benzene rings is 2. The SMILES string of the molecule is Cc1ccc(N=Nc2c(O)[nH]c3ccc(C)cc23)cc1. The number of H-pyrrole nitrogens is 1. The van der Waals surface area contributed by atoms with Crippen LogP contribution < -0.4 is 0 Å². The van der Waals surface area contributed by atoms with E-state index in [0.29, 0.717) is 5.69 Å². The smallest absolute Gasteiger partial charge is 0.218 e. The highest BCUT2D eigenvalue weighted by molar-refractivity contribution is 5.94. The van der Waals surface area contributed by atoms with Crippen molar-refractivity contribution in [2.24, 2.45) is 10.2 Å². The van der Waals surface area contributed by atoms with E-state index in [2.05, 4.69) is 15.2 Å². The predicted octanol–water partition coefficient (Wildman–Crippen LogP) is 4.91. The summed E-state index contributed by atoms with van der Waals surface area (Å²) in [5.74, 6) is 0.0430. The van der Waals surface area contributed by atoms with Crippen LogP contribution in [0.5, 0.6) is 5.88 Å². The Hall–Kier alpha value is -2.62. The van der Waals surface area contributed by atoms with E-state index in [-0.39, 0.29) is 5.88 Å². The van der Waals surface area contributed by atoms with Gasteiger partial charge in [-0.3, -0.25) is 0 Å². The van der Waals surface area contributed by atoms with Gasteiger partial charge in [-0.2, -0.15) is 5.11 Å². The van der Waals surface area contributed by atoms with Gasteiger partial charge in [-0.05, 0) is 38.1 Å². The summed E-state index contributed by atoms with van der Waals surface area (Å²) in [7, 11) is 0. The van der Waals surface area contributed by atoms with Crippen LogP contribution in [-0.2, 0) is 0 Å². The van der Waals surface area contributed by atoms with Gasteiger partial charge < -0.3 is 10.1 Å². The Kier molecular flexibility index (Phi) is 2.99. The topological polar surface area (TPSA) is 60.7 Å². The summed E-state index contributed by atoms with van der Waals surface area (Å²) in [5.41, 5.74) is 4.38. The molecule has 4 heteroatoms. The third kappa shape index (κ3) is 2.28. The average Bonchev–Trinajstić information content (AvgIpc) is 2.73. The first-order chi connectivity index (χ1) is 9.63. The molecule has 0 atom stereocenters. The quantitative estimate of drug-likeness (QED) is 0.636. The largest absolute Gasteiger partial charge is 0.493 e. The van der Waals surface area contributed by atoms with E-state index >= 15 is 0 Å². The van der Waals surface area contributed by atoms with Crippen molar-refractivity contribution in [3.8, 4) is 5.88 Å². The highest BCUT2D eigenvalue weighted by Crippen LogP contribution is 2.36. The maximum Gasteiger partial charge on any atom is 0.218 e. The molecule has 3 rings (SSSR count). The van der Waals surface area contributed by atoms with Gasteiger partial charge in [-0.15, -0.1) is 5.11 Å². The average molecular weight is 265 g/mol. The fourth-order valence-electron chi connectivity index (χ4n) is 2.10. The number of aryl methyl sites for hydroxylation is 2. The number of nitrogens with zero attached hydrogens (tertiary/aromatic N) is 2. The van der Waals surface area contributed by atoms with Crippen LogP contribution in [0.25, 0.3) is 10.9 Å². The molecule has 1 heterocycles. The first kappa shape index (κ1) is 12.4. The second kappa shape index (κ2) is 4.81. The van der Waals surface area contributed by atoms with Gasteiger partial charge in [-0.1, -0.05) is 29.3 Å². The van der Waals surface area contributed by atoms with Crippen molar-refractivity contribution < 1.29 is 5.11 Å². The van der Waals surface area contributed by atoms with E-state index in [1.54, 1.807) is 0 Å². The number of rotatable bonds is 2. The van der Waals surface area contributed by atoms with Crippen LogP contribution in [0.4, 0.5) is 11.4 Å². The van der Waals surface area contributed by atoms with E-state index in [0.717, 1.165) is 22.2 Å². The molecule has 0 saturated heterocycles. The summed E-state index contributed by atoms with van der Waals surface area (Å²) >= 11 is 0. The zero-order valence-electron chi connectivity index (χ0n) is 11.4. The Morgan fingerprint density at radius 2 is 1.60 bits per heavy atom. The van der Waals surface area contributed by atoms with E-state index in [9.17, 15) is 5.11 Å². The van der Waals surface area contributed by atoms with Crippen molar-refractivity contribution >= 4 is 22.3 Å². The Morgan fingerprint density at radius 1 is 0.900 bits per heavy atom. The minimum atomic E-state index is 0.0430. The predicted molar refractivity (Wildman–Crippen MR) is 80.1 cm³/mol. The molecule has 0 spiro atoms. The number of hydrogen-bond donors (Lipinski definition) is 2. The lowest BCUT2D eigenvalue weighted by atomic mass is 10.1. The molecule has 1 aromatic heterocycles. The highest BCUT2D eigenvalue weighted by Gasteiger charge is 2.10. The molecule has 0 fully saturated rings. The van der Waals surface area contributed by atoms with Crippen molar-refractivity contribution in [2.75, 3.05) is 0 Å². The molecular weight excluding hydrogens is 250 g/mol. The van der Waals surface area contributed by atoms with Crippen LogP contribution in [0.1, 0.15) is 11.1 Å². The standard InChI is InChI=1S/C16H15N3O/c1-10-3-6-12(7-4-10)18-19-15-13-9-11(2)5-8-14(13)17-16(15)20/h3-9,17,20H,1-2H3. The molecule has 4 nitrogen and oxygen atoms in total. The minimum absolute atomic E-state index is 0.0430. The number of nitrogens with one attached hydrogen (secondary N) is 1. The highest BCUT2D eigenvalue weighted by atomic mass is 16.3. The van der Waals surface area contributed by atoms with Gasteiger partial charge in [0.05, 0.1) is 11.2 Å². The zero-order valence-corrected chi connectivity index (χ0v) is 11.4. The minimum Gasteiger partial charge on any atom is -0.493 e. The van der Waals surface area contributed by atoms with Crippen molar-refractivity contribution in [2.45, 2.75) is 13.8 Å². The maximum absolute atomic E-state index is 9.94. The van der Waals surface area contributed by atoms with Crippen LogP contribution in [0, 0.1) is 13.8 Å². The summed E-state index contributed by atoms with van der Waals surface area (Å²) in [6.45, 7) is 4.03. The number of aromatic hydroxyl groups is 1. The number of azo groups is 1. The second-order valence-corrected chi connectivity index (χ2v) is 4.91. The van der Waals surface area contributed by atoms with Gasteiger partial charge in [0.2, 0.25) is 5.88 Å². The van der Waals surface area contributed by atoms with Gasteiger partial charge in [0, 0.05) is 5.39 Å². The third-order valence-electron chi connectivity index (χ3n) is 3.21. The van der Waals surface area contributed by atoms with E-state index in [4.69, 9.17) is 0 Å². The van der Waals surface area contributed by atoms with Crippen molar-refractivity contribution in [1.82, 2.24) is 4.98 Å². The van der Waals surface area contributed by atoms with E-state index in [1.807, 2.05) is 56.3 Å². The van der Waals surface area contributed by atoms with Crippen molar-refractivity contribution in [1.29, 1.82) is 0 Å². The molecule has 0 unspecified atom stereocenters. The number of hydrogen-bond acceptors (Lipinski definition) is 3. The fourth-order valence-corrected chi connectivity index (χ4v) is 2.10. The first-order valence-electron chi connectivity index (χ1n) is 6.43. The molecule has 0 amide bonds. The Labute approximate surface area is 116 Å². The van der Waals surface area contributed by atoms with Gasteiger partial charge in [0.25, 0.3) is 0 Å². The first-order valence-corrected chi connectivity index (χ1v) is 6.43. The maximum atomic E-state index is 9.94. The Balaban J connectivity index is 2.03. The van der Waals surface area contributed by atoms with Crippen molar-refractivity contribution in [3.63, 3.8) is 0 Å². The lowest BCUT2D eigenvalue weighted by Crippen LogP contribution is -1.71. The van der Waals surface area contributed by atoms with Crippen LogP contribution >= 0.6 is 0 Å². The lowest BCUT2D eigenvalue weighted by Gasteiger charge is -1.95. The molecule has 3 aromatic rings. The van der Waals surface area contributed by atoms with Crippen LogP contribution in [0.2, 0.25) is 0 Å². The van der Waals surface area contributed by atoms with Crippen LogP contribution in [0.15, 0.2) is 52.7 Å². The molecule has 20 heavy (non-hydrogen) atoms. The van der Waals surface area contributed by atoms with Crippen LogP contribution in [-0.4, -0.2) is 10.1 Å². The van der Waals surface area contributed by atoms with Gasteiger partial charge >= 0.3 is 0 Å². The Morgan fingerprint density at radius 3 is 2.35 bits per heavy atom. The molecule has 0 bridgehead atoms. The molecule has 0 aliphatic rings. The molecule has 100 valence electrons. The second-order valence-electron chi connectivity index (χ2n) is 4.91. The van der Waals surface area contributed by atoms with E-state index < -0.39 is 0 Å². The molecular formula is C16H15N3O. The normalized spacial score (nSPS) is 11.5. The molecule has 2 N–H and O–H groups in total. The fraction of sp³-hybridized carbons (Fsp3) is 0.125. The number of aromatic nitrogens is 1.